The van der Waals surface area contributed by atoms with Gasteiger partial charge in [-0.2, -0.15) is 0 Å². The molecule has 0 fully saturated rings. The normalized spacial score (nSPS) is 10.6. The lowest BCUT2D eigenvalue weighted by Crippen LogP contribution is -2.04. The minimum atomic E-state index is 0.470. The molecule has 0 unspecified atom stereocenters. The molecular formula is C24H26ClNO2. The van der Waals surface area contributed by atoms with Crippen LogP contribution in [0.1, 0.15) is 29.2 Å². The van der Waals surface area contributed by atoms with Crippen LogP contribution in [0.3, 0.4) is 0 Å². The highest BCUT2D eigenvalue weighted by Crippen LogP contribution is 2.34. The molecule has 0 amide bonds. The first-order valence-corrected chi connectivity index (χ1v) is 9.87. The van der Waals surface area contributed by atoms with Crippen molar-refractivity contribution in [3.8, 4) is 11.5 Å². The number of halogens is 1. The molecule has 146 valence electrons. The van der Waals surface area contributed by atoms with Crippen molar-refractivity contribution in [2.75, 3.05) is 11.9 Å². The van der Waals surface area contributed by atoms with Crippen molar-refractivity contribution in [1.29, 1.82) is 0 Å². The molecule has 3 nitrogen and oxygen atoms in total. The Kier molecular flexibility index (Phi) is 6.83. The smallest absolute Gasteiger partial charge is 0.163 e. The summed E-state index contributed by atoms with van der Waals surface area (Å²) in [6, 6.07) is 20.2. The molecule has 1 N–H and O–H groups in total. The topological polar surface area (TPSA) is 30.5 Å². The van der Waals surface area contributed by atoms with Crippen LogP contribution in [0.4, 0.5) is 5.69 Å². The zero-order chi connectivity index (χ0) is 19.9. The molecule has 0 atom stereocenters. The van der Waals surface area contributed by atoms with Gasteiger partial charge in [-0.15, -0.1) is 0 Å². The fourth-order valence-electron chi connectivity index (χ4n) is 2.88. The van der Waals surface area contributed by atoms with Gasteiger partial charge in [0.1, 0.15) is 6.61 Å². The third-order valence-electron chi connectivity index (χ3n) is 4.64. The molecule has 0 bridgehead atoms. The zero-order valence-corrected chi connectivity index (χ0v) is 17.3. The highest BCUT2D eigenvalue weighted by Gasteiger charge is 2.12. The average Bonchev–Trinajstić information content (AvgIpc) is 2.70. The van der Waals surface area contributed by atoms with E-state index >= 15 is 0 Å². The summed E-state index contributed by atoms with van der Waals surface area (Å²) in [4.78, 5) is 0. The van der Waals surface area contributed by atoms with Crippen molar-refractivity contribution in [2.24, 2.45) is 0 Å². The van der Waals surface area contributed by atoms with Crippen molar-refractivity contribution < 1.29 is 9.47 Å². The van der Waals surface area contributed by atoms with Crippen LogP contribution in [0, 0.1) is 13.8 Å². The van der Waals surface area contributed by atoms with E-state index in [0.717, 1.165) is 16.8 Å². The molecule has 0 spiro atoms. The van der Waals surface area contributed by atoms with Gasteiger partial charge in [0.25, 0.3) is 0 Å². The number of ether oxygens (including phenoxy) is 2. The minimum absolute atomic E-state index is 0.470. The lowest BCUT2D eigenvalue weighted by Gasteiger charge is -2.16. The summed E-state index contributed by atoms with van der Waals surface area (Å²) in [5.74, 6) is 1.37. The molecule has 28 heavy (non-hydrogen) atoms. The number of anilines is 1. The van der Waals surface area contributed by atoms with Crippen molar-refractivity contribution in [3.63, 3.8) is 0 Å². The molecule has 3 aromatic carbocycles. The summed E-state index contributed by atoms with van der Waals surface area (Å²) in [7, 11) is 0. The fraction of sp³-hybridized carbons (Fsp3) is 0.250. The molecule has 0 aliphatic rings. The Hall–Kier alpha value is -2.65. The molecule has 0 aromatic heterocycles. The Bertz CT molecular complexity index is 925. The third-order valence-corrected chi connectivity index (χ3v) is 4.99. The van der Waals surface area contributed by atoms with Crippen molar-refractivity contribution >= 4 is 17.3 Å². The van der Waals surface area contributed by atoms with Crippen LogP contribution in [-0.2, 0) is 13.2 Å². The Morgan fingerprint density at radius 2 is 1.61 bits per heavy atom. The van der Waals surface area contributed by atoms with Crippen LogP contribution < -0.4 is 14.8 Å². The minimum Gasteiger partial charge on any atom is -0.490 e. The van der Waals surface area contributed by atoms with Gasteiger partial charge in [-0.05, 0) is 61.2 Å². The summed E-state index contributed by atoms with van der Waals surface area (Å²) in [6.07, 6.45) is 0. The third kappa shape index (κ3) is 5.20. The van der Waals surface area contributed by atoms with E-state index in [0.29, 0.717) is 36.3 Å². The lowest BCUT2D eigenvalue weighted by molar-refractivity contribution is 0.269. The van der Waals surface area contributed by atoms with Gasteiger partial charge in [-0.1, -0.05) is 48.0 Å². The van der Waals surface area contributed by atoms with Crippen LogP contribution >= 0.6 is 11.6 Å². The Morgan fingerprint density at radius 1 is 0.857 bits per heavy atom. The first kappa shape index (κ1) is 20.1. The Balaban J connectivity index is 1.74. The van der Waals surface area contributed by atoms with Gasteiger partial charge < -0.3 is 14.8 Å². The van der Waals surface area contributed by atoms with Gasteiger partial charge in [-0.25, -0.2) is 0 Å². The second-order valence-corrected chi connectivity index (χ2v) is 7.16. The zero-order valence-electron chi connectivity index (χ0n) is 16.6. The molecule has 0 radical (unpaired) electrons. The second kappa shape index (κ2) is 9.52. The average molecular weight is 396 g/mol. The van der Waals surface area contributed by atoms with E-state index in [9.17, 15) is 0 Å². The maximum absolute atomic E-state index is 6.53. The van der Waals surface area contributed by atoms with Crippen LogP contribution in [-0.4, -0.2) is 6.61 Å². The van der Waals surface area contributed by atoms with E-state index in [4.69, 9.17) is 21.1 Å². The summed E-state index contributed by atoms with van der Waals surface area (Å²) in [5.41, 5.74) is 5.68. The van der Waals surface area contributed by atoms with Crippen LogP contribution in [0.15, 0.2) is 60.7 Å². The highest BCUT2D eigenvalue weighted by molar-refractivity contribution is 6.31. The monoisotopic (exact) mass is 395 g/mol. The SMILES string of the molecule is CCOc1cc(CNc2ccc(C)c(C)c2)c(Cl)cc1OCc1ccccc1. The summed E-state index contributed by atoms with van der Waals surface area (Å²) < 4.78 is 11.8. The largest absolute Gasteiger partial charge is 0.490 e. The van der Waals surface area contributed by atoms with Gasteiger partial charge in [-0.3, -0.25) is 0 Å². The number of rotatable bonds is 8. The molecule has 0 saturated heterocycles. The van der Waals surface area contributed by atoms with Gasteiger partial charge in [0.2, 0.25) is 0 Å². The number of aryl methyl sites for hydroxylation is 2. The van der Waals surface area contributed by atoms with Gasteiger partial charge in [0.05, 0.1) is 6.61 Å². The molecule has 3 rings (SSSR count). The van der Waals surface area contributed by atoms with Gasteiger partial charge in [0, 0.05) is 23.3 Å². The molecule has 0 saturated carbocycles. The van der Waals surface area contributed by atoms with E-state index in [1.807, 2.05) is 49.4 Å². The van der Waals surface area contributed by atoms with E-state index in [1.165, 1.54) is 11.1 Å². The lowest BCUT2D eigenvalue weighted by atomic mass is 10.1. The fourth-order valence-corrected chi connectivity index (χ4v) is 3.10. The molecule has 4 heteroatoms. The second-order valence-electron chi connectivity index (χ2n) is 6.75. The van der Waals surface area contributed by atoms with Crippen molar-refractivity contribution in [2.45, 2.75) is 33.9 Å². The van der Waals surface area contributed by atoms with Crippen LogP contribution in [0.5, 0.6) is 11.5 Å². The van der Waals surface area contributed by atoms with Crippen LogP contribution in [0.25, 0.3) is 0 Å². The molecule has 0 aliphatic carbocycles. The number of hydrogen-bond acceptors (Lipinski definition) is 3. The van der Waals surface area contributed by atoms with Crippen LogP contribution in [0.2, 0.25) is 5.02 Å². The Labute approximate surface area is 172 Å². The number of hydrogen-bond donors (Lipinski definition) is 1. The molecule has 0 aliphatic heterocycles. The number of benzene rings is 3. The Morgan fingerprint density at radius 3 is 2.32 bits per heavy atom. The quantitative estimate of drug-likeness (QED) is 0.469. The first-order chi connectivity index (χ1) is 13.6. The van der Waals surface area contributed by atoms with E-state index < -0.39 is 0 Å². The van der Waals surface area contributed by atoms with Gasteiger partial charge in [0.15, 0.2) is 11.5 Å². The predicted molar refractivity (Wildman–Crippen MR) is 117 cm³/mol. The van der Waals surface area contributed by atoms with Crippen molar-refractivity contribution in [1.82, 2.24) is 0 Å². The van der Waals surface area contributed by atoms with Gasteiger partial charge >= 0.3 is 0 Å². The highest BCUT2D eigenvalue weighted by atomic mass is 35.5. The summed E-state index contributed by atoms with van der Waals surface area (Å²) in [5, 5.41) is 4.09. The maximum Gasteiger partial charge on any atom is 0.163 e. The van der Waals surface area contributed by atoms with E-state index in [-0.39, 0.29) is 0 Å². The maximum atomic E-state index is 6.53. The standard InChI is InChI=1S/C24H26ClNO2/c1-4-27-23-13-20(15-26-21-11-10-17(2)18(3)12-21)22(25)14-24(23)28-16-19-8-6-5-7-9-19/h5-14,26H,4,15-16H2,1-3H3. The predicted octanol–water partition coefficient (Wildman–Crippen LogP) is 6.55. The van der Waals surface area contributed by atoms with Crippen molar-refractivity contribution in [3.05, 3.63) is 87.9 Å². The molecule has 0 heterocycles. The number of nitrogens with one attached hydrogen (secondary N) is 1. The summed E-state index contributed by atoms with van der Waals surface area (Å²) >= 11 is 6.53. The molecule has 3 aromatic rings. The van der Waals surface area contributed by atoms with E-state index in [2.05, 4.69) is 37.4 Å². The first-order valence-electron chi connectivity index (χ1n) is 9.50. The van der Waals surface area contributed by atoms with E-state index in [1.54, 1.807) is 0 Å². The molecular weight excluding hydrogens is 370 g/mol. The summed E-state index contributed by atoms with van der Waals surface area (Å²) in [6.45, 7) is 7.83.